The summed E-state index contributed by atoms with van der Waals surface area (Å²) in [5, 5.41) is 0. The van der Waals surface area contributed by atoms with Gasteiger partial charge >= 0.3 is 0 Å². The molecule has 19 heavy (non-hydrogen) atoms. The predicted octanol–water partition coefficient (Wildman–Crippen LogP) is 0.899. The van der Waals surface area contributed by atoms with Gasteiger partial charge in [0.05, 0.1) is 12.7 Å². The monoisotopic (exact) mass is 263 g/mol. The van der Waals surface area contributed by atoms with E-state index in [2.05, 4.69) is 24.2 Å². The third-order valence-corrected chi connectivity index (χ3v) is 3.47. The number of carbonyl (C=O) groups excluding carboxylic acids is 1. The van der Waals surface area contributed by atoms with Gasteiger partial charge in [0.15, 0.2) is 0 Å². The second-order valence-electron chi connectivity index (χ2n) is 5.09. The summed E-state index contributed by atoms with van der Waals surface area (Å²) in [6, 6.07) is 7.95. The second kappa shape index (κ2) is 6.14. The first kappa shape index (κ1) is 14.0. The Morgan fingerprint density at radius 3 is 2.74 bits per heavy atom. The Balaban J connectivity index is 2.00. The molecule has 1 fully saturated rings. The summed E-state index contributed by atoms with van der Waals surface area (Å²) in [6.45, 7) is 6.84. The molecule has 1 saturated heterocycles. The van der Waals surface area contributed by atoms with Gasteiger partial charge in [0, 0.05) is 24.7 Å². The number of nitrogens with two attached hydrogens (primary N) is 1. The predicted molar refractivity (Wildman–Crippen MR) is 73.4 cm³/mol. The summed E-state index contributed by atoms with van der Waals surface area (Å²) in [6.07, 6.45) is 0.276. The zero-order valence-corrected chi connectivity index (χ0v) is 11.4. The minimum absolute atomic E-state index is 0.264. The van der Waals surface area contributed by atoms with Crippen molar-refractivity contribution >= 4 is 5.91 Å². The molecule has 3 N–H and O–H groups in total. The van der Waals surface area contributed by atoms with Crippen molar-refractivity contribution in [2.45, 2.75) is 32.5 Å². The third-order valence-electron chi connectivity index (χ3n) is 3.47. The van der Waals surface area contributed by atoms with E-state index in [1.54, 1.807) is 12.1 Å². The molecule has 0 aromatic heterocycles. The molecule has 0 radical (unpaired) electrons. The Kier molecular flexibility index (Phi) is 4.52. The quantitative estimate of drug-likeness (QED) is 0.483. The van der Waals surface area contributed by atoms with E-state index in [9.17, 15) is 4.79 Å². The molecule has 1 aliphatic rings. The van der Waals surface area contributed by atoms with Crippen molar-refractivity contribution in [1.29, 1.82) is 0 Å². The summed E-state index contributed by atoms with van der Waals surface area (Å²) in [5.41, 5.74) is 3.90. The minimum atomic E-state index is -0.264. The summed E-state index contributed by atoms with van der Waals surface area (Å²) in [4.78, 5) is 13.7. The van der Waals surface area contributed by atoms with Gasteiger partial charge in [-0.1, -0.05) is 12.1 Å². The van der Waals surface area contributed by atoms with Gasteiger partial charge in [-0.15, -0.1) is 0 Å². The number of carbonyl (C=O) groups is 1. The number of nitrogen functional groups attached to an aromatic ring is 1. The number of nitrogens with one attached hydrogen (secondary N) is 1. The van der Waals surface area contributed by atoms with Gasteiger partial charge < -0.3 is 4.74 Å². The molecule has 2 rings (SSSR count). The van der Waals surface area contributed by atoms with Crippen LogP contribution >= 0.6 is 0 Å². The van der Waals surface area contributed by atoms with Crippen LogP contribution in [0.1, 0.15) is 29.8 Å². The SMILES string of the molecule is CC1CN(Cc2ccc(C(=O)NN)cc2)C(C)CO1. The molecule has 5 nitrogen and oxygen atoms in total. The molecule has 1 heterocycles. The van der Waals surface area contributed by atoms with Gasteiger partial charge in [-0.25, -0.2) is 5.84 Å². The van der Waals surface area contributed by atoms with Crippen LogP contribution in [-0.2, 0) is 11.3 Å². The summed E-state index contributed by atoms with van der Waals surface area (Å²) < 4.78 is 5.61. The summed E-state index contributed by atoms with van der Waals surface area (Å²) >= 11 is 0. The molecule has 0 bridgehead atoms. The maximum Gasteiger partial charge on any atom is 0.265 e. The fraction of sp³-hybridized carbons (Fsp3) is 0.500. The van der Waals surface area contributed by atoms with E-state index in [-0.39, 0.29) is 12.0 Å². The highest BCUT2D eigenvalue weighted by Crippen LogP contribution is 2.15. The first-order chi connectivity index (χ1) is 9.10. The molecule has 1 amide bonds. The highest BCUT2D eigenvalue weighted by Gasteiger charge is 2.23. The third kappa shape index (κ3) is 3.53. The Morgan fingerprint density at radius 1 is 1.42 bits per heavy atom. The number of rotatable bonds is 3. The van der Waals surface area contributed by atoms with Gasteiger partial charge in [0.25, 0.3) is 5.91 Å². The molecular formula is C14H21N3O2. The molecule has 5 heteroatoms. The van der Waals surface area contributed by atoms with Crippen LogP contribution in [0.5, 0.6) is 0 Å². The lowest BCUT2D eigenvalue weighted by Gasteiger charge is -2.36. The van der Waals surface area contributed by atoms with E-state index < -0.39 is 0 Å². The van der Waals surface area contributed by atoms with Crippen LogP contribution in [-0.4, -0.2) is 36.1 Å². The molecule has 0 saturated carbocycles. The van der Waals surface area contributed by atoms with Crippen molar-refractivity contribution in [2.75, 3.05) is 13.2 Å². The number of benzene rings is 1. The maximum atomic E-state index is 11.3. The topological polar surface area (TPSA) is 67.6 Å². The first-order valence-corrected chi connectivity index (χ1v) is 6.55. The number of nitrogens with zero attached hydrogens (tertiary/aromatic N) is 1. The average molecular weight is 263 g/mol. The first-order valence-electron chi connectivity index (χ1n) is 6.55. The number of morpholine rings is 1. The number of amides is 1. The normalized spacial score (nSPS) is 24.2. The second-order valence-corrected chi connectivity index (χ2v) is 5.09. The van der Waals surface area contributed by atoms with E-state index >= 15 is 0 Å². The molecular weight excluding hydrogens is 242 g/mol. The summed E-state index contributed by atoms with van der Waals surface area (Å²) in [7, 11) is 0. The van der Waals surface area contributed by atoms with Crippen LogP contribution in [0.4, 0.5) is 0 Å². The number of hydrogen-bond donors (Lipinski definition) is 2. The smallest absolute Gasteiger partial charge is 0.265 e. The van der Waals surface area contributed by atoms with Gasteiger partial charge in [-0.2, -0.15) is 0 Å². The van der Waals surface area contributed by atoms with Crippen LogP contribution in [0.2, 0.25) is 0 Å². The van der Waals surface area contributed by atoms with Gasteiger partial charge in [0.2, 0.25) is 0 Å². The highest BCUT2D eigenvalue weighted by molar-refractivity contribution is 5.93. The van der Waals surface area contributed by atoms with Crippen LogP contribution in [0.25, 0.3) is 0 Å². The molecule has 0 aliphatic carbocycles. The summed E-state index contributed by atoms with van der Waals surface area (Å²) in [5.74, 6) is 4.84. The lowest BCUT2D eigenvalue weighted by Crippen LogP contribution is -2.46. The van der Waals surface area contributed by atoms with Crippen molar-refractivity contribution < 1.29 is 9.53 Å². The van der Waals surface area contributed by atoms with Crippen LogP contribution in [0, 0.1) is 0 Å². The van der Waals surface area contributed by atoms with Crippen molar-refractivity contribution in [1.82, 2.24) is 10.3 Å². The van der Waals surface area contributed by atoms with Gasteiger partial charge in [-0.3, -0.25) is 15.1 Å². The fourth-order valence-corrected chi connectivity index (χ4v) is 2.27. The van der Waals surface area contributed by atoms with Crippen molar-refractivity contribution in [2.24, 2.45) is 5.84 Å². The van der Waals surface area contributed by atoms with Crippen molar-refractivity contribution in [3.63, 3.8) is 0 Å². The molecule has 1 aromatic rings. The number of ether oxygens (including phenoxy) is 1. The molecule has 0 spiro atoms. The largest absolute Gasteiger partial charge is 0.376 e. The Labute approximate surface area is 113 Å². The molecule has 104 valence electrons. The average Bonchev–Trinajstić information content (AvgIpc) is 2.43. The molecule has 2 atom stereocenters. The minimum Gasteiger partial charge on any atom is -0.376 e. The van der Waals surface area contributed by atoms with Crippen LogP contribution in [0.3, 0.4) is 0 Å². The molecule has 2 unspecified atom stereocenters. The van der Waals surface area contributed by atoms with E-state index in [0.29, 0.717) is 11.6 Å². The lowest BCUT2D eigenvalue weighted by atomic mass is 10.1. The lowest BCUT2D eigenvalue weighted by molar-refractivity contribution is -0.0526. The van der Waals surface area contributed by atoms with Gasteiger partial charge in [-0.05, 0) is 31.5 Å². The Hall–Kier alpha value is -1.43. The Bertz CT molecular complexity index is 433. The molecule has 1 aliphatic heterocycles. The standard InChI is InChI=1S/C14H21N3O2/c1-10-9-19-11(2)7-17(10)8-12-3-5-13(6-4-12)14(18)16-15/h3-6,10-11H,7-9,15H2,1-2H3,(H,16,18). The van der Waals surface area contributed by atoms with Crippen molar-refractivity contribution in [3.8, 4) is 0 Å². The van der Waals surface area contributed by atoms with Crippen LogP contribution in [0.15, 0.2) is 24.3 Å². The maximum absolute atomic E-state index is 11.3. The molecule has 1 aromatic carbocycles. The fourth-order valence-electron chi connectivity index (χ4n) is 2.27. The highest BCUT2D eigenvalue weighted by atomic mass is 16.5. The van der Waals surface area contributed by atoms with E-state index in [0.717, 1.165) is 19.7 Å². The van der Waals surface area contributed by atoms with Crippen LogP contribution < -0.4 is 11.3 Å². The van der Waals surface area contributed by atoms with Crippen molar-refractivity contribution in [3.05, 3.63) is 35.4 Å². The van der Waals surface area contributed by atoms with E-state index in [4.69, 9.17) is 10.6 Å². The zero-order valence-electron chi connectivity index (χ0n) is 11.4. The zero-order chi connectivity index (χ0) is 13.8. The number of hydrogen-bond acceptors (Lipinski definition) is 4. The van der Waals surface area contributed by atoms with Gasteiger partial charge in [0.1, 0.15) is 0 Å². The van der Waals surface area contributed by atoms with E-state index in [1.807, 2.05) is 12.1 Å². The number of hydrazine groups is 1. The van der Waals surface area contributed by atoms with E-state index in [1.165, 1.54) is 5.56 Å². The Morgan fingerprint density at radius 2 is 2.11 bits per heavy atom.